The lowest BCUT2D eigenvalue weighted by Gasteiger charge is -2.25. The van der Waals surface area contributed by atoms with Crippen molar-refractivity contribution < 1.29 is 50.6 Å². The first kappa shape index (κ1) is 53.5. The van der Waals surface area contributed by atoms with E-state index in [1.165, 1.54) is 22.5 Å². The lowest BCUT2D eigenvalue weighted by molar-refractivity contribution is -0.276. The van der Waals surface area contributed by atoms with Crippen LogP contribution in [0.1, 0.15) is 128 Å². The van der Waals surface area contributed by atoms with Gasteiger partial charge < -0.3 is 30.7 Å². The smallest absolute Gasteiger partial charge is 0.400 e. The summed E-state index contributed by atoms with van der Waals surface area (Å²) in [5.74, 6) is 1.96. The molecular weight excluding hydrogens is 1090 g/mol. The summed E-state index contributed by atoms with van der Waals surface area (Å²) in [5.41, 5.74) is -0.631. The standard InChI is InChI=1S/C25H28ClF2N7O3S.C25H28F3N7O3S/c2*1-34-20(10-21(33-34)38-25(26,27)28)31-24-32-30-12-35(24)15-6-7-18-16(8-15)22(23(37)29-11-13-2-3-13)19(39-18)9-17(36)14-4-5-14/h2*10,12-15H,2-9,11H2,1H3,(H,29,37)(H,31,32)/t2*15-/m00/s1. The van der Waals surface area contributed by atoms with E-state index in [-0.39, 0.29) is 59.0 Å². The summed E-state index contributed by atoms with van der Waals surface area (Å²) in [7, 11) is 3.05. The molecule has 6 aliphatic carbocycles. The van der Waals surface area contributed by atoms with E-state index < -0.39 is 17.8 Å². The van der Waals surface area contributed by atoms with Crippen LogP contribution in [0, 0.1) is 23.7 Å². The van der Waals surface area contributed by atoms with Crippen molar-refractivity contribution in [2.75, 3.05) is 23.7 Å². The van der Waals surface area contributed by atoms with E-state index in [9.17, 15) is 41.1 Å². The van der Waals surface area contributed by atoms with E-state index in [1.807, 2.05) is 9.13 Å². The SMILES string of the molecule is Cn1nc(OC(F)(F)Cl)cc1Nc1nncn1[C@H]1CCc2sc(CC(=O)C3CC3)c(C(=O)NCC3CC3)c2C1.Cn1nc(OC(F)(F)F)cc1Nc1nncn1[C@H]1CCc2sc(CC(=O)C3CC3)c(C(=O)NCC3CC3)c2C1. The van der Waals surface area contributed by atoms with Gasteiger partial charge in [-0.15, -0.1) is 75.2 Å². The highest BCUT2D eigenvalue weighted by atomic mass is 35.5. The molecule has 6 aromatic heterocycles. The number of Topliss-reactive ketones (excluding diaryl/α,β-unsaturated/α-hetero) is 2. The Hall–Kier alpha value is -6.48. The quantitative estimate of drug-likeness (QED) is 0.0391. The second-order valence-corrected chi connectivity index (χ2v) is 23.8. The van der Waals surface area contributed by atoms with Crippen LogP contribution in [-0.2, 0) is 62.2 Å². The first-order valence-electron chi connectivity index (χ1n) is 26.1. The number of ether oxygens (including phenoxy) is 2. The molecule has 6 heterocycles. The molecule has 2 amide bonds. The van der Waals surface area contributed by atoms with Crippen LogP contribution in [0.15, 0.2) is 24.8 Å². The van der Waals surface area contributed by atoms with E-state index >= 15 is 0 Å². The molecule has 12 rings (SSSR count). The first-order chi connectivity index (χ1) is 37.3. The minimum atomic E-state index is -4.85. The van der Waals surface area contributed by atoms with Crippen LogP contribution in [0.25, 0.3) is 0 Å². The molecule has 20 nitrogen and oxygen atoms in total. The zero-order valence-electron chi connectivity index (χ0n) is 42.5. The average molecular weight is 1140 g/mol. The number of nitrogens with one attached hydrogen (secondary N) is 4. The monoisotopic (exact) mass is 1140 g/mol. The number of hydrogen-bond acceptors (Lipinski definition) is 16. The highest BCUT2D eigenvalue weighted by molar-refractivity contribution is 7.13. The second-order valence-electron chi connectivity index (χ2n) is 21.0. The fourth-order valence-corrected chi connectivity index (χ4v) is 12.9. The summed E-state index contributed by atoms with van der Waals surface area (Å²) in [5, 5.41) is 36.3. The predicted molar refractivity (Wildman–Crippen MR) is 275 cm³/mol. The molecule has 4 fully saturated rings. The molecule has 6 aromatic rings. The number of carbonyl (C=O) groups excluding carboxylic acids is 4. The number of aromatic nitrogens is 10. The number of aryl methyl sites for hydroxylation is 4. The fraction of sp³-hybridized carbons (Fsp3) is 0.560. The Bertz CT molecular complexity index is 3020. The van der Waals surface area contributed by atoms with E-state index in [0.717, 1.165) is 114 Å². The molecule has 6 aliphatic rings. The van der Waals surface area contributed by atoms with Crippen LogP contribution in [-0.4, -0.2) is 97.5 Å². The molecule has 4 N–H and O–H groups in total. The summed E-state index contributed by atoms with van der Waals surface area (Å²) in [6, 6.07) is 2.28. The van der Waals surface area contributed by atoms with E-state index in [1.54, 1.807) is 42.4 Å². The van der Waals surface area contributed by atoms with Gasteiger partial charge in [0.25, 0.3) is 11.8 Å². The van der Waals surface area contributed by atoms with Gasteiger partial charge in [0.2, 0.25) is 23.7 Å². The summed E-state index contributed by atoms with van der Waals surface area (Å²) in [6.45, 7) is 1.31. The Morgan fingerprint density at radius 2 is 1.06 bits per heavy atom. The van der Waals surface area contributed by atoms with Crippen molar-refractivity contribution in [3.05, 3.63) is 66.5 Å². The van der Waals surface area contributed by atoms with Gasteiger partial charge in [-0.1, -0.05) is 0 Å². The van der Waals surface area contributed by atoms with Gasteiger partial charge >= 0.3 is 11.9 Å². The maximum Gasteiger partial charge on any atom is 0.574 e. The summed E-state index contributed by atoms with van der Waals surface area (Å²) in [6.07, 6.45) is 11.4. The molecular formula is C50H56ClF5N14O6S2. The van der Waals surface area contributed by atoms with Crippen LogP contribution in [0.3, 0.4) is 0 Å². The molecule has 0 saturated heterocycles. The second kappa shape index (κ2) is 21.6. The number of halogens is 6. The van der Waals surface area contributed by atoms with Crippen molar-refractivity contribution in [3.8, 4) is 11.8 Å². The van der Waals surface area contributed by atoms with Crippen LogP contribution in [0.2, 0.25) is 0 Å². The molecule has 0 bridgehead atoms. The van der Waals surface area contributed by atoms with Crippen molar-refractivity contribution in [2.24, 2.45) is 37.8 Å². The lowest BCUT2D eigenvalue weighted by atomic mass is 9.90. The van der Waals surface area contributed by atoms with E-state index in [2.05, 4.69) is 61.3 Å². The number of hydrogen-bond donors (Lipinski definition) is 4. The van der Waals surface area contributed by atoms with Gasteiger partial charge in [-0.2, -0.15) is 0 Å². The van der Waals surface area contributed by atoms with E-state index in [4.69, 9.17) is 11.6 Å². The van der Waals surface area contributed by atoms with Gasteiger partial charge in [-0.05, 0) is 113 Å². The molecule has 4 saturated carbocycles. The Morgan fingerprint density at radius 1 is 0.641 bits per heavy atom. The third-order valence-electron chi connectivity index (χ3n) is 14.9. The largest absolute Gasteiger partial charge is 0.574 e. The van der Waals surface area contributed by atoms with Gasteiger partial charge in [0, 0.05) is 107 Å². The first-order valence-corrected chi connectivity index (χ1v) is 28.1. The third kappa shape index (κ3) is 12.8. The molecule has 78 heavy (non-hydrogen) atoms. The van der Waals surface area contributed by atoms with Crippen molar-refractivity contribution in [2.45, 2.75) is 127 Å². The lowest BCUT2D eigenvalue weighted by Crippen LogP contribution is -2.28. The van der Waals surface area contributed by atoms with Gasteiger partial charge in [-0.25, -0.2) is 9.36 Å². The Labute approximate surface area is 456 Å². The molecule has 0 unspecified atom stereocenters. The van der Waals surface area contributed by atoms with Crippen LogP contribution >= 0.6 is 34.3 Å². The van der Waals surface area contributed by atoms with Gasteiger partial charge in [0.05, 0.1) is 11.1 Å². The number of thiophene rings is 2. The Morgan fingerprint density at radius 3 is 1.45 bits per heavy atom. The number of carbonyl (C=O) groups is 4. The van der Waals surface area contributed by atoms with Gasteiger partial charge in [0.15, 0.2) is 0 Å². The Balaban J connectivity index is 0.000000165. The number of anilines is 4. The normalized spacial score (nSPS) is 19.0. The average Bonchev–Trinajstić information content (AvgIpc) is 4.32. The zero-order valence-corrected chi connectivity index (χ0v) is 44.9. The molecule has 2 atom stereocenters. The highest BCUT2D eigenvalue weighted by Gasteiger charge is 2.38. The summed E-state index contributed by atoms with van der Waals surface area (Å²) in [4.78, 5) is 56.1. The number of amides is 2. The molecule has 28 heteroatoms. The van der Waals surface area contributed by atoms with Crippen LogP contribution in [0.4, 0.5) is 45.5 Å². The topological polar surface area (TPSA) is 232 Å². The summed E-state index contributed by atoms with van der Waals surface area (Å²) >= 11 is 8.03. The molecule has 0 radical (unpaired) electrons. The number of alkyl halides is 6. The number of fused-ring (bicyclic) bond motifs is 2. The van der Waals surface area contributed by atoms with Crippen molar-refractivity contribution >= 4 is 81.2 Å². The number of ketones is 2. The minimum Gasteiger partial charge on any atom is -0.400 e. The predicted octanol–water partition coefficient (Wildman–Crippen LogP) is 8.48. The zero-order chi connectivity index (χ0) is 54.6. The van der Waals surface area contributed by atoms with Crippen molar-refractivity contribution in [1.29, 1.82) is 0 Å². The maximum absolute atomic E-state index is 13.4. The van der Waals surface area contributed by atoms with Crippen molar-refractivity contribution in [3.63, 3.8) is 0 Å². The molecule has 0 spiro atoms. The maximum atomic E-state index is 13.4. The van der Waals surface area contributed by atoms with Crippen LogP contribution in [0.5, 0.6) is 11.8 Å². The summed E-state index contributed by atoms with van der Waals surface area (Å²) < 4.78 is 78.5. The highest BCUT2D eigenvalue weighted by Crippen LogP contribution is 2.44. The molecule has 0 aromatic carbocycles. The van der Waals surface area contributed by atoms with Crippen molar-refractivity contribution in [1.82, 2.24) is 59.7 Å². The fourth-order valence-electron chi connectivity index (χ4n) is 10.1. The molecule has 416 valence electrons. The van der Waals surface area contributed by atoms with E-state index in [0.29, 0.717) is 79.5 Å². The number of rotatable bonds is 21. The number of nitrogens with zero attached hydrogens (tertiary/aromatic N) is 10. The third-order valence-corrected chi connectivity index (χ3v) is 17.5. The molecule has 0 aliphatic heterocycles. The van der Waals surface area contributed by atoms with Crippen LogP contribution < -0.4 is 30.7 Å². The van der Waals surface area contributed by atoms with Gasteiger partial charge in [0.1, 0.15) is 35.9 Å². The minimum absolute atomic E-state index is 0.0531. The Kier molecular flexibility index (Phi) is 14.8. The van der Waals surface area contributed by atoms with Gasteiger partial charge in [-0.3, -0.25) is 28.3 Å².